The third-order valence-electron chi connectivity index (χ3n) is 2.38. The fourth-order valence-corrected chi connectivity index (χ4v) is 2.28. The van der Waals surface area contributed by atoms with Crippen molar-refractivity contribution in [1.29, 1.82) is 0 Å². The van der Waals surface area contributed by atoms with Crippen LogP contribution in [0.25, 0.3) is 0 Å². The third-order valence-corrected chi connectivity index (χ3v) is 3.30. The summed E-state index contributed by atoms with van der Waals surface area (Å²) >= 11 is 0. The first-order valence-electron chi connectivity index (χ1n) is 5.22. The number of nitrogens with one attached hydrogen (secondary N) is 2. The highest BCUT2D eigenvalue weighted by atomic mass is 32.2. The third kappa shape index (κ3) is 4.24. The van der Waals surface area contributed by atoms with Gasteiger partial charge in [-0.1, -0.05) is 0 Å². The van der Waals surface area contributed by atoms with E-state index in [4.69, 9.17) is 0 Å². The summed E-state index contributed by atoms with van der Waals surface area (Å²) in [5.74, 6) is -0.274. The summed E-state index contributed by atoms with van der Waals surface area (Å²) in [7, 11) is 0.329. The monoisotopic (exact) mass is 258 g/mol. The topological polar surface area (TPSA) is 78.4 Å². The summed E-state index contributed by atoms with van der Waals surface area (Å²) in [5, 5.41) is 15.8. The van der Waals surface area contributed by atoms with E-state index in [1.165, 1.54) is 0 Å². The van der Waals surface area contributed by atoms with E-state index in [0.717, 1.165) is 17.6 Å². The fraction of sp³-hybridized carbons (Fsp3) is 0.455. The maximum atomic E-state index is 11.1. The SMILES string of the molecule is CNc1cc(NC)cc(C(O)CS(C)(=O)=O)c1. The van der Waals surface area contributed by atoms with Gasteiger partial charge in [0.05, 0.1) is 11.9 Å². The summed E-state index contributed by atoms with van der Waals surface area (Å²) in [4.78, 5) is 0. The van der Waals surface area contributed by atoms with Crippen molar-refractivity contribution in [2.45, 2.75) is 6.10 Å². The van der Waals surface area contributed by atoms with Gasteiger partial charge in [-0.05, 0) is 23.8 Å². The molecule has 5 nitrogen and oxygen atoms in total. The zero-order valence-corrected chi connectivity index (χ0v) is 11.0. The molecule has 1 unspecified atom stereocenters. The molecule has 96 valence electrons. The summed E-state index contributed by atoms with van der Waals surface area (Å²) in [5.41, 5.74) is 2.21. The van der Waals surface area contributed by atoms with Crippen LogP contribution >= 0.6 is 0 Å². The molecule has 0 heterocycles. The molecule has 0 radical (unpaired) electrons. The molecule has 0 bridgehead atoms. The minimum Gasteiger partial charge on any atom is -0.388 e. The Morgan fingerprint density at radius 2 is 1.65 bits per heavy atom. The van der Waals surface area contributed by atoms with E-state index >= 15 is 0 Å². The fourth-order valence-electron chi connectivity index (χ4n) is 1.52. The second kappa shape index (κ2) is 5.37. The number of sulfone groups is 1. The van der Waals surface area contributed by atoms with E-state index in [-0.39, 0.29) is 5.75 Å². The number of hydrogen-bond acceptors (Lipinski definition) is 5. The molecule has 1 aromatic carbocycles. The van der Waals surface area contributed by atoms with Gasteiger partial charge >= 0.3 is 0 Å². The molecule has 0 saturated heterocycles. The molecule has 0 aromatic heterocycles. The number of anilines is 2. The smallest absolute Gasteiger partial charge is 0.150 e. The van der Waals surface area contributed by atoms with Crippen molar-refractivity contribution in [3.8, 4) is 0 Å². The van der Waals surface area contributed by atoms with E-state index in [1.54, 1.807) is 26.2 Å². The quantitative estimate of drug-likeness (QED) is 0.729. The van der Waals surface area contributed by atoms with Gasteiger partial charge < -0.3 is 15.7 Å². The Morgan fingerprint density at radius 1 is 1.18 bits per heavy atom. The number of hydrogen-bond donors (Lipinski definition) is 3. The second-order valence-electron chi connectivity index (χ2n) is 3.95. The van der Waals surface area contributed by atoms with Gasteiger partial charge in [-0.15, -0.1) is 0 Å². The number of rotatable bonds is 5. The molecule has 0 fully saturated rings. The van der Waals surface area contributed by atoms with E-state index in [9.17, 15) is 13.5 Å². The van der Waals surface area contributed by atoms with Crippen molar-refractivity contribution < 1.29 is 13.5 Å². The number of aliphatic hydroxyl groups is 1. The standard InChI is InChI=1S/C11H18N2O3S/c1-12-9-4-8(5-10(6-9)13-2)11(14)7-17(3,15)16/h4-6,11-14H,7H2,1-3H3. The van der Waals surface area contributed by atoms with Crippen LogP contribution in [0.2, 0.25) is 0 Å². The summed E-state index contributed by atoms with van der Waals surface area (Å²) < 4.78 is 22.3. The molecule has 0 aliphatic rings. The number of aliphatic hydroxyl groups excluding tert-OH is 1. The van der Waals surface area contributed by atoms with Crippen molar-refractivity contribution in [2.75, 3.05) is 36.7 Å². The van der Waals surface area contributed by atoms with Crippen LogP contribution in [0.3, 0.4) is 0 Å². The Kier molecular flexibility index (Phi) is 4.36. The lowest BCUT2D eigenvalue weighted by Gasteiger charge is -2.13. The Balaban J connectivity index is 3.04. The minimum atomic E-state index is -3.20. The van der Waals surface area contributed by atoms with Gasteiger partial charge in [-0.2, -0.15) is 0 Å². The Morgan fingerprint density at radius 3 is 2.00 bits per heavy atom. The van der Waals surface area contributed by atoms with Gasteiger partial charge in [0.25, 0.3) is 0 Å². The van der Waals surface area contributed by atoms with Crippen LogP contribution in [-0.2, 0) is 9.84 Å². The average Bonchev–Trinajstić information content (AvgIpc) is 2.26. The first kappa shape index (κ1) is 13.8. The summed E-state index contributed by atoms with van der Waals surface area (Å²) in [6.07, 6.45) is 0.0994. The van der Waals surface area contributed by atoms with Crippen molar-refractivity contribution in [1.82, 2.24) is 0 Å². The molecule has 0 aliphatic heterocycles. The highest BCUT2D eigenvalue weighted by Crippen LogP contribution is 2.24. The highest BCUT2D eigenvalue weighted by Gasteiger charge is 2.15. The van der Waals surface area contributed by atoms with E-state index in [1.807, 2.05) is 6.07 Å². The highest BCUT2D eigenvalue weighted by molar-refractivity contribution is 7.90. The molecular formula is C11H18N2O3S. The molecule has 1 aromatic rings. The van der Waals surface area contributed by atoms with Crippen LogP contribution in [0.5, 0.6) is 0 Å². The minimum absolute atomic E-state index is 0.274. The predicted octanol–water partition coefficient (Wildman–Crippen LogP) is 0.848. The molecule has 1 atom stereocenters. The van der Waals surface area contributed by atoms with Crippen LogP contribution < -0.4 is 10.6 Å². The maximum Gasteiger partial charge on any atom is 0.150 e. The van der Waals surface area contributed by atoms with E-state index in [0.29, 0.717) is 5.56 Å². The van der Waals surface area contributed by atoms with Crippen LogP contribution in [0, 0.1) is 0 Å². The largest absolute Gasteiger partial charge is 0.388 e. The maximum absolute atomic E-state index is 11.1. The van der Waals surface area contributed by atoms with Crippen molar-refractivity contribution >= 4 is 21.2 Å². The molecule has 1 rings (SSSR count). The normalized spacial score (nSPS) is 13.2. The van der Waals surface area contributed by atoms with Crippen molar-refractivity contribution in [2.24, 2.45) is 0 Å². The molecule has 0 amide bonds. The van der Waals surface area contributed by atoms with Gasteiger partial charge in [0, 0.05) is 31.7 Å². The lowest BCUT2D eigenvalue weighted by molar-refractivity contribution is 0.202. The molecule has 6 heteroatoms. The van der Waals surface area contributed by atoms with Gasteiger partial charge in [0.15, 0.2) is 0 Å². The van der Waals surface area contributed by atoms with E-state index < -0.39 is 15.9 Å². The van der Waals surface area contributed by atoms with Crippen molar-refractivity contribution in [3.63, 3.8) is 0 Å². The van der Waals surface area contributed by atoms with Crippen LogP contribution in [0.15, 0.2) is 18.2 Å². The molecule has 17 heavy (non-hydrogen) atoms. The molecule has 0 aliphatic carbocycles. The summed E-state index contributed by atoms with van der Waals surface area (Å²) in [6, 6.07) is 5.34. The Hall–Kier alpha value is -1.27. The molecule has 0 spiro atoms. The predicted molar refractivity (Wildman–Crippen MR) is 70.2 cm³/mol. The lowest BCUT2D eigenvalue weighted by Crippen LogP contribution is -2.13. The average molecular weight is 258 g/mol. The van der Waals surface area contributed by atoms with Crippen LogP contribution in [-0.4, -0.2) is 39.6 Å². The molecule has 3 N–H and O–H groups in total. The molecule has 0 saturated carbocycles. The van der Waals surface area contributed by atoms with Gasteiger partial charge in [-0.25, -0.2) is 8.42 Å². The Bertz CT molecular complexity index is 463. The molecular weight excluding hydrogens is 240 g/mol. The zero-order chi connectivity index (χ0) is 13.1. The Labute approximate surface area is 102 Å². The van der Waals surface area contributed by atoms with Crippen LogP contribution in [0.4, 0.5) is 11.4 Å². The zero-order valence-electron chi connectivity index (χ0n) is 10.2. The summed E-state index contributed by atoms with van der Waals surface area (Å²) in [6.45, 7) is 0. The lowest BCUT2D eigenvalue weighted by atomic mass is 10.1. The first-order valence-corrected chi connectivity index (χ1v) is 7.28. The van der Waals surface area contributed by atoms with Crippen LogP contribution in [0.1, 0.15) is 11.7 Å². The van der Waals surface area contributed by atoms with E-state index in [2.05, 4.69) is 10.6 Å². The second-order valence-corrected chi connectivity index (χ2v) is 6.14. The van der Waals surface area contributed by atoms with Gasteiger partial charge in [-0.3, -0.25) is 0 Å². The van der Waals surface area contributed by atoms with Crippen molar-refractivity contribution in [3.05, 3.63) is 23.8 Å². The van der Waals surface area contributed by atoms with Gasteiger partial charge in [0.1, 0.15) is 9.84 Å². The first-order chi connectivity index (χ1) is 7.85. The number of benzene rings is 1. The van der Waals surface area contributed by atoms with Gasteiger partial charge in [0.2, 0.25) is 0 Å².